The van der Waals surface area contributed by atoms with E-state index in [4.69, 9.17) is 15.7 Å². The molecule has 0 bridgehead atoms. The van der Waals surface area contributed by atoms with Crippen molar-refractivity contribution in [2.24, 2.45) is 16.8 Å². The van der Waals surface area contributed by atoms with Gasteiger partial charge in [-0.1, -0.05) is 18.0 Å². The molecule has 0 aliphatic heterocycles. The van der Waals surface area contributed by atoms with Gasteiger partial charge in [0.1, 0.15) is 5.75 Å². The molecule has 0 amide bonds. The molecular weight excluding hydrogens is 285 g/mol. The normalized spacial score (nSPS) is 17.2. The van der Waals surface area contributed by atoms with Crippen molar-refractivity contribution in [2.75, 3.05) is 6.61 Å². The first-order valence-electron chi connectivity index (χ1n) is 6.73. The van der Waals surface area contributed by atoms with E-state index in [1.165, 1.54) is 12.1 Å². The van der Waals surface area contributed by atoms with Crippen LogP contribution in [-0.2, 0) is 6.18 Å². The Bertz CT molecular complexity index is 523. The molecule has 1 aromatic rings. The fourth-order valence-electron chi connectivity index (χ4n) is 2.48. The lowest BCUT2D eigenvalue weighted by Gasteiger charge is -2.17. The first kappa shape index (κ1) is 15.5. The lowest BCUT2D eigenvalue weighted by Crippen LogP contribution is -2.17. The van der Waals surface area contributed by atoms with Crippen LogP contribution < -0.4 is 10.5 Å². The van der Waals surface area contributed by atoms with Gasteiger partial charge in [-0.15, -0.1) is 0 Å². The molecule has 21 heavy (non-hydrogen) atoms. The van der Waals surface area contributed by atoms with E-state index in [2.05, 4.69) is 5.16 Å². The Balaban J connectivity index is 2.22. The van der Waals surface area contributed by atoms with E-state index in [0.29, 0.717) is 5.92 Å². The number of halogens is 3. The first-order chi connectivity index (χ1) is 9.91. The SMILES string of the molecule is N/C(=N/O)c1ccc(OCC2CCCC2)c(C(F)(F)F)c1. The number of nitrogens with two attached hydrogens (primary N) is 1. The van der Waals surface area contributed by atoms with Crippen LogP contribution in [-0.4, -0.2) is 17.6 Å². The molecule has 0 aromatic heterocycles. The highest BCUT2D eigenvalue weighted by Crippen LogP contribution is 2.37. The predicted molar refractivity (Wildman–Crippen MR) is 71.4 cm³/mol. The molecule has 1 saturated carbocycles. The molecule has 0 unspecified atom stereocenters. The van der Waals surface area contributed by atoms with Crippen molar-refractivity contribution in [2.45, 2.75) is 31.9 Å². The second-order valence-electron chi connectivity index (χ2n) is 5.16. The Morgan fingerprint density at radius 3 is 2.57 bits per heavy atom. The van der Waals surface area contributed by atoms with E-state index in [-0.39, 0.29) is 23.8 Å². The molecule has 0 atom stereocenters. The van der Waals surface area contributed by atoms with Crippen LogP contribution in [0.3, 0.4) is 0 Å². The minimum Gasteiger partial charge on any atom is -0.493 e. The van der Waals surface area contributed by atoms with Crippen LogP contribution in [0.5, 0.6) is 5.75 Å². The van der Waals surface area contributed by atoms with Gasteiger partial charge in [-0.2, -0.15) is 13.2 Å². The molecule has 0 heterocycles. The Morgan fingerprint density at radius 1 is 1.33 bits per heavy atom. The zero-order chi connectivity index (χ0) is 15.5. The molecular formula is C14H17F3N2O2. The van der Waals surface area contributed by atoms with E-state index >= 15 is 0 Å². The highest BCUT2D eigenvalue weighted by Gasteiger charge is 2.35. The van der Waals surface area contributed by atoms with Crippen molar-refractivity contribution in [3.63, 3.8) is 0 Å². The summed E-state index contributed by atoms with van der Waals surface area (Å²) in [4.78, 5) is 0. The van der Waals surface area contributed by atoms with Gasteiger partial charge in [0, 0.05) is 5.56 Å². The van der Waals surface area contributed by atoms with E-state index < -0.39 is 11.7 Å². The Morgan fingerprint density at radius 2 is 2.00 bits per heavy atom. The van der Waals surface area contributed by atoms with Gasteiger partial charge in [0.15, 0.2) is 5.84 Å². The fraction of sp³-hybridized carbons (Fsp3) is 0.500. The fourth-order valence-corrected chi connectivity index (χ4v) is 2.48. The van der Waals surface area contributed by atoms with Crippen molar-refractivity contribution in [3.8, 4) is 5.75 Å². The third-order valence-electron chi connectivity index (χ3n) is 3.64. The lowest BCUT2D eigenvalue weighted by atomic mass is 10.1. The first-order valence-corrected chi connectivity index (χ1v) is 6.73. The third kappa shape index (κ3) is 3.80. The van der Waals surface area contributed by atoms with E-state index in [1.54, 1.807) is 0 Å². The summed E-state index contributed by atoms with van der Waals surface area (Å²) in [6.45, 7) is 0.284. The average molecular weight is 302 g/mol. The molecule has 3 N–H and O–H groups in total. The third-order valence-corrected chi connectivity index (χ3v) is 3.64. The smallest absolute Gasteiger partial charge is 0.419 e. The molecule has 0 saturated heterocycles. The largest absolute Gasteiger partial charge is 0.493 e. The van der Waals surface area contributed by atoms with E-state index in [0.717, 1.165) is 31.7 Å². The minimum atomic E-state index is -4.56. The van der Waals surface area contributed by atoms with Crippen LogP contribution in [0.25, 0.3) is 0 Å². The quantitative estimate of drug-likeness (QED) is 0.388. The van der Waals surface area contributed by atoms with E-state index in [1.807, 2.05) is 0 Å². The number of rotatable bonds is 4. The highest BCUT2D eigenvalue weighted by atomic mass is 19.4. The number of benzene rings is 1. The van der Waals surface area contributed by atoms with Crippen LogP contribution in [0, 0.1) is 5.92 Å². The molecule has 1 aliphatic rings. The summed E-state index contributed by atoms with van der Waals surface area (Å²) in [5, 5.41) is 11.3. The van der Waals surface area contributed by atoms with Gasteiger partial charge < -0.3 is 15.7 Å². The van der Waals surface area contributed by atoms with Gasteiger partial charge in [-0.25, -0.2) is 0 Å². The summed E-state index contributed by atoms with van der Waals surface area (Å²) < 4.78 is 44.6. The zero-order valence-electron chi connectivity index (χ0n) is 11.4. The number of hydrogen-bond acceptors (Lipinski definition) is 3. The summed E-state index contributed by atoms with van der Waals surface area (Å²) in [5.74, 6) is -0.276. The molecule has 1 aromatic carbocycles. The van der Waals surface area contributed by atoms with Gasteiger partial charge >= 0.3 is 6.18 Å². The van der Waals surface area contributed by atoms with Crippen molar-refractivity contribution in [3.05, 3.63) is 29.3 Å². The molecule has 116 valence electrons. The van der Waals surface area contributed by atoms with Crippen molar-refractivity contribution in [1.29, 1.82) is 0 Å². The maximum absolute atomic E-state index is 13.1. The number of nitrogens with zero attached hydrogens (tertiary/aromatic N) is 1. The number of oxime groups is 1. The van der Waals surface area contributed by atoms with Crippen LogP contribution in [0.15, 0.2) is 23.4 Å². The molecule has 4 nitrogen and oxygen atoms in total. The van der Waals surface area contributed by atoms with Gasteiger partial charge in [0.05, 0.1) is 12.2 Å². The van der Waals surface area contributed by atoms with Crippen molar-refractivity contribution in [1.82, 2.24) is 0 Å². The topological polar surface area (TPSA) is 67.8 Å². The van der Waals surface area contributed by atoms with Crippen molar-refractivity contribution >= 4 is 5.84 Å². The average Bonchev–Trinajstić information content (AvgIpc) is 2.96. The molecule has 1 fully saturated rings. The number of amidine groups is 1. The maximum atomic E-state index is 13.1. The second kappa shape index (κ2) is 6.24. The van der Waals surface area contributed by atoms with Gasteiger partial charge in [0.2, 0.25) is 0 Å². The van der Waals surface area contributed by atoms with Gasteiger partial charge in [-0.3, -0.25) is 0 Å². The van der Waals surface area contributed by atoms with Gasteiger partial charge in [0.25, 0.3) is 0 Å². The molecule has 1 aliphatic carbocycles. The predicted octanol–water partition coefficient (Wildman–Crippen LogP) is 3.37. The number of ether oxygens (including phenoxy) is 1. The van der Waals surface area contributed by atoms with Gasteiger partial charge in [-0.05, 0) is 37.0 Å². The van der Waals surface area contributed by atoms with Crippen LogP contribution in [0.2, 0.25) is 0 Å². The summed E-state index contributed by atoms with van der Waals surface area (Å²) >= 11 is 0. The zero-order valence-corrected chi connectivity index (χ0v) is 11.4. The summed E-state index contributed by atoms with van der Waals surface area (Å²) in [6.07, 6.45) is -0.380. The highest BCUT2D eigenvalue weighted by molar-refractivity contribution is 5.97. The van der Waals surface area contributed by atoms with Crippen molar-refractivity contribution < 1.29 is 23.1 Å². The maximum Gasteiger partial charge on any atom is 0.419 e. The standard InChI is InChI=1S/C14H17F3N2O2/c15-14(16,17)11-7-10(13(18)19-20)5-6-12(11)21-8-9-3-1-2-4-9/h5-7,9,20H,1-4,8H2,(H2,18,19). The Hall–Kier alpha value is -1.92. The molecule has 0 spiro atoms. The summed E-state index contributed by atoms with van der Waals surface area (Å²) in [6, 6.07) is 3.39. The number of alkyl halides is 3. The minimum absolute atomic E-state index is 0.00181. The molecule has 0 radical (unpaired) electrons. The summed E-state index contributed by atoms with van der Waals surface area (Å²) in [7, 11) is 0. The van der Waals surface area contributed by atoms with Crippen LogP contribution >= 0.6 is 0 Å². The number of hydrogen-bond donors (Lipinski definition) is 2. The Kier molecular flexibility index (Phi) is 4.59. The van der Waals surface area contributed by atoms with Crippen LogP contribution in [0.1, 0.15) is 36.8 Å². The van der Waals surface area contributed by atoms with Crippen LogP contribution in [0.4, 0.5) is 13.2 Å². The van der Waals surface area contributed by atoms with E-state index in [9.17, 15) is 13.2 Å². The lowest BCUT2D eigenvalue weighted by molar-refractivity contribution is -0.139. The molecule has 7 heteroatoms. The monoisotopic (exact) mass is 302 g/mol. The second-order valence-corrected chi connectivity index (χ2v) is 5.16. The Labute approximate surface area is 120 Å². The molecule has 2 rings (SSSR count). The summed E-state index contributed by atoms with van der Waals surface area (Å²) in [5.41, 5.74) is 4.41.